The Hall–Kier alpha value is -2.21. The molecule has 0 fully saturated rings. The molecular weight excluding hydrogens is 310 g/mol. The smallest absolute Gasteiger partial charge is 0.303 e. The lowest BCUT2D eigenvalue weighted by Gasteiger charge is -2.18. The van der Waals surface area contributed by atoms with E-state index in [-0.39, 0.29) is 12.0 Å². The number of aliphatic carboxylic acids is 1. The molecule has 3 aromatic rings. The van der Waals surface area contributed by atoms with Crippen LogP contribution >= 0.6 is 11.3 Å². The third-order valence-corrected chi connectivity index (χ3v) is 4.68. The summed E-state index contributed by atoms with van der Waals surface area (Å²) < 4.78 is 3.03. The zero-order valence-corrected chi connectivity index (χ0v) is 14.2. The number of nitrogens with zero attached hydrogens (tertiary/aromatic N) is 3. The van der Waals surface area contributed by atoms with Crippen LogP contribution in [0.1, 0.15) is 32.2 Å². The van der Waals surface area contributed by atoms with Gasteiger partial charge in [-0.3, -0.25) is 9.48 Å². The second-order valence-corrected chi connectivity index (χ2v) is 7.64. The van der Waals surface area contributed by atoms with Crippen molar-refractivity contribution >= 4 is 27.5 Å². The van der Waals surface area contributed by atoms with E-state index < -0.39 is 5.97 Å². The molecule has 0 atom stereocenters. The Morgan fingerprint density at radius 2 is 2.09 bits per heavy atom. The molecule has 0 saturated heterocycles. The second-order valence-electron chi connectivity index (χ2n) is 6.53. The molecule has 2 heterocycles. The van der Waals surface area contributed by atoms with Crippen LogP contribution in [0, 0.1) is 0 Å². The highest BCUT2D eigenvalue weighted by Gasteiger charge is 2.15. The zero-order valence-electron chi connectivity index (χ0n) is 13.4. The number of carboxylic acid groups (broad SMARTS) is 1. The van der Waals surface area contributed by atoms with Gasteiger partial charge in [0.2, 0.25) is 0 Å². The highest BCUT2D eigenvalue weighted by molar-refractivity contribution is 7.18. The van der Waals surface area contributed by atoms with Crippen molar-refractivity contribution in [3.63, 3.8) is 0 Å². The maximum absolute atomic E-state index is 10.7. The van der Waals surface area contributed by atoms with E-state index in [9.17, 15) is 4.79 Å². The van der Waals surface area contributed by atoms with Crippen molar-refractivity contribution in [2.75, 3.05) is 0 Å². The van der Waals surface area contributed by atoms with Gasteiger partial charge in [-0.2, -0.15) is 5.10 Å². The Labute approximate surface area is 138 Å². The van der Waals surface area contributed by atoms with Crippen molar-refractivity contribution in [2.45, 2.75) is 39.2 Å². The van der Waals surface area contributed by atoms with Crippen LogP contribution in [-0.4, -0.2) is 25.8 Å². The molecule has 6 heteroatoms. The molecule has 0 radical (unpaired) electrons. The Bertz CT molecular complexity index is 858. The van der Waals surface area contributed by atoms with Crippen LogP contribution in [0.2, 0.25) is 0 Å². The van der Waals surface area contributed by atoms with Crippen molar-refractivity contribution in [3.8, 4) is 11.1 Å². The number of aryl methyl sites for hydroxylation is 1. The monoisotopic (exact) mass is 329 g/mol. The van der Waals surface area contributed by atoms with Gasteiger partial charge in [0.25, 0.3) is 0 Å². The average Bonchev–Trinajstić information content (AvgIpc) is 3.10. The molecule has 120 valence electrons. The Morgan fingerprint density at radius 1 is 1.30 bits per heavy atom. The summed E-state index contributed by atoms with van der Waals surface area (Å²) in [5.74, 6) is -0.792. The van der Waals surface area contributed by atoms with E-state index in [2.05, 4.69) is 36.9 Å². The summed E-state index contributed by atoms with van der Waals surface area (Å²) in [5, 5.41) is 14.1. The molecule has 0 aliphatic carbocycles. The number of aromatic nitrogens is 3. The van der Waals surface area contributed by atoms with E-state index in [4.69, 9.17) is 5.11 Å². The SMILES string of the molecule is CC(C)(C)n1cc(-c2ccc3sc(CCC(=O)O)nc3c2)cn1. The summed E-state index contributed by atoms with van der Waals surface area (Å²) in [6.45, 7) is 6.34. The van der Waals surface area contributed by atoms with Crippen molar-refractivity contribution in [3.05, 3.63) is 35.6 Å². The highest BCUT2D eigenvalue weighted by atomic mass is 32.1. The van der Waals surface area contributed by atoms with Crippen LogP contribution in [0.15, 0.2) is 30.6 Å². The molecule has 0 aliphatic heterocycles. The number of hydrogen-bond donors (Lipinski definition) is 1. The first-order chi connectivity index (χ1) is 10.8. The van der Waals surface area contributed by atoms with Gasteiger partial charge >= 0.3 is 5.97 Å². The predicted octanol–water partition coefficient (Wildman–Crippen LogP) is 3.93. The first-order valence-corrected chi connectivity index (χ1v) is 8.31. The molecule has 1 N–H and O–H groups in total. The van der Waals surface area contributed by atoms with Crippen LogP contribution < -0.4 is 0 Å². The van der Waals surface area contributed by atoms with Crippen LogP contribution in [0.4, 0.5) is 0 Å². The lowest BCUT2D eigenvalue weighted by atomic mass is 10.1. The molecule has 5 nitrogen and oxygen atoms in total. The molecule has 23 heavy (non-hydrogen) atoms. The molecule has 0 spiro atoms. The number of carbonyl (C=O) groups is 1. The first kappa shape index (κ1) is 15.7. The summed E-state index contributed by atoms with van der Waals surface area (Å²) in [7, 11) is 0. The predicted molar refractivity (Wildman–Crippen MR) is 91.8 cm³/mol. The van der Waals surface area contributed by atoms with E-state index in [0.717, 1.165) is 26.4 Å². The minimum absolute atomic E-state index is 0.0486. The maximum atomic E-state index is 10.7. The number of thiazole rings is 1. The minimum Gasteiger partial charge on any atom is -0.481 e. The minimum atomic E-state index is -0.792. The van der Waals surface area contributed by atoms with Crippen molar-refractivity contribution < 1.29 is 9.90 Å². The standard InChI is InChI=1S/C17H19N3O2S/c1-17(2,3)20-10-12(9-18-20)11-4-5-14-13(8-11)19-15(23-14)6-7-16(21)22/h4-5,8-10H,6-7H2,1-3H3,(H,21,22). The van der Waals surface area contributed by atoms with Crippen molar-refractivity contribution in [1.82, 2.24) is 14.8 Å². The normalized spacial score (nSPS) is 12.0. The van der Waals surface area contributed by atoms with E-state index >= 15 is 0 Å². The number of carboxylic acids is 1. The maximum Gasteiger partial charge on any atom is 0.303 e. The van der Waals surface area contributed by atoms with Gasteiger partial charge in [0.15, 0.2) is 0 Å². The van der Waals surface area contributed by atoms with Gasteiger partial charge in [-0.1, -0.05) is 6.07 Å². The van der Waals surface area contributed by atoms with Crippen molar-refractivity contribution in [2.24, 2.45) is 0 Å². The molecule has 3 rings (SSSR count). The van der Waals surface area contributed by atoms with Crippen LogP contribution in [0.5, 0.6) is 0 Å². The summed E-state index contributed by atoms with van der Waals surface area (Å²) in [5.41, 5.74) is 2.99. The van der Waals surface area contributed by atoms with Gasteiger partial charge in [0.1, 0.15) is 0 Å². The summed E-state index contributed by atoms with van der Waals surface area (Å²) in [4.78, 5) is 15.2. The fourth-order valence-electron chi connectivity index (χ4n) is 2.31. The molecule has 1 aromatic carbocycles. The summed E-state index contributed by atoms with van der Waals surface area (Å²) in [6.07, 6.45) is 4.50. The number of benzene rings is 1. The molecular formula is C17H19N3O2S. The van der Waals surface area contributed by atoms with E-state index in [1.54, 1.807) is 11.3 Å². The Morgan fingerprint density at radius 3 is 2.74 bits per heavy atom. The van der Waals surface area contributed by atoms with Gasteiger partial charge in [-0.05, 0) is 38.5 Å². The molecule has 0 unspecified atom stereocenters. The average molecular weight is 329 g/mol. The Kier molecular flexibility index (Phi) is 3.93. The molecule has 0 amide bonds. The topological polar surface area (TPSA) is 68.0 Å². The lowest BCUT2D eigenvalue weighted by Crippen LogP contribution is -2.21. The lowest BCUT2D eigenvalue weighted by molar-refractivity contribution is -0.136. The zero-order chi connectivity index (χ0) is 16.6. The highest BCUT2D eigenvalue weighted by Crippen LogP contribution is 2.29. The van der Waals surface area contributed by atoms with Gasteiger partial charge in [-0.15, -0.1) is 11.3 Å². The number of rotatable bonds is 4. The van der Waals surface area contributed by atoms with E-state index in [1.165, 1.54) is 0 Å². The molecule has 0 saturated carbocycles. The van der Waals surface area contributed by atoms with Gasteiger partial charge < -0.3 is 5.11 Å². The fraction of sp³-hybridized carbons (Fsp3) is 0.353. The third-order valence-electron chi connectivity index (χ3n) is 3.59. The third kappa shape index (κ3) is 3.42. The van der Waals surface area contributed by atoms with Gasteiger partial charge in [-0.25, -0.2) is 4.98 Å². The fourth-order valence-corrected chi connectivity index (χ4v) is 3.26. The molecule has 0 aliphatic rings. The van der Waals surface area contributed by atoms with E-state index in [1.807, 2.05) is 29.2 Å². The quantitative estimate of drug-likeness (QED) is 0.787. The van der Waals surface area contributed by atoms with Crippen LogP contribution in [-0.2, 0) is 16.8 Å². The summed E-state index contributed by atoms with van der Waals surface area (Å²) in [6, 6.07) is 6.15. The number of hydrogen-bond acceptors (Lipinski definition) is 4. The van der Waals surface area contributed by atoms with Crippen LogP contribution in [0.3, 0.4) is 0 Å². The number of fused-ring (bicyclic) bond motifs is 1. The molecule has 0 bridgehead atoms. The second kappa shape index (κ2) is 5.77. The summed E-state index contributed by atoms with van der Waals surface area (Å²) >= 11 is 1.56. The van der Waals surface area contributed by atoms with Crippen molar-refractivity contribution in [1.29, 1.82) is 0 Å². The van der Waals surface area contributed by atoms with E-state index in [0.29, 0.717) is 6.42 Å². The van der Waals surface area contributed by atoms with Gasteiger partial charge in [0.05, 0.1) is 33.4 Å². The van der Waals surface area contributed by atoms with Crippen LogP contribution in [0.25, 0.3) is 21.3 Å². The van der Waals surface area contributed by atoms with Gasteiger partial charge in [0, 0.05) is 18.2 Å². The molecule has 2 aromatic heterocycles. The Balaban J connectivity index is 1.90. The largest absolute Gasteiger partial charge is 0.481 e. The first-order valence-electron chi connectivity index (χ1n) is 7.50.